The van der Waals surface area contributed by atoms with Crippen LogP contribution < -0.4 is 5.32 Å². The molecule has 2 aliphatic rings. The Morgan fingerprint density at radius 3 is 2.34 bits per heavy atom. The zero-order valence-corrected chi connectivity index (χ0v) is 16.2. The van der Waals surface area contributed by atoms with E-state index in [4.69, 9.17) is 5.10 Å². The fourth-order valence-electron chi connectivity index (χ4n) is 4.04. The van der Waals surface area contributed by atoms with Crippen LogP contribution >= 0.6 is 0 Å². The highest BCUT2D eigenvalue weighted by Crippen LogP contribution is 2.43. The number of nitrogens with zero attached hydrogens (tertiary/aromatic N) is 3. The molecule has 0 bridgehead atoms. The Kier molecular flexibility index (Phi) is 4.01. The van der Waals surface area contributed by atoms with Crippen LogP contribution in [0.25, 0.3) is 16.9 Å². The SMILES string of the molecule is C[C@@]1(C2CC2)NC(=O)N(Cc2cn(-c3ccccc3)nc2-c2ccccc2)C1=O. The molecule has 1 saturated heterocycles. The van der Waals surface area contributed by atoms with Crippen LogP contribution in [0.1, 0.15) is 25.3 Å². The molecule has 1 N–H and O–H groups in total. The van der Waals surface area contributed by atoms with Gasteiger partial charge in [-0.1, -0.05) is 48.5 Å². The van der Waals surface area contributed by atoms with Gasteiger partial charge in [-0.25, -0.2) is 9.48 Å². The van der Waals surface area contributed by atoms with Crippen molar-refractivity contribution in [1.82, 2.24) is 20.0 Å². The van der Waals surface area contributed by atoms with E-state index in [2.05, 4.69) is 5.32 Å². The van der Waals surface area contributed by atoms with Crippen LogP contribution in [0.15, 0.2) is 66.9 Å². The van der Waals surface area contributed by atoms with E-state index in [1.807, 2.05) is 73.8 Å². The van der Waals surface area contributed by atoms with Crippen LogP contribution in [0.5, 0.6) is 0 Å². The molecule has 1 aromatic heterocycles. The molecule has 3 aromatic rings. The monoisotopic (exact) mass is 386 g/mol. The van der Waals surface area contributed by atoms with Gasteiger partial charge < -0.3 is 5.32 Å². The minimum Gasteiger partial charge on any atom is -0.323 e. The fourth-order valence-corrected chi connectivity index (χ4v) is 4.04. The summed E-state index contributed by atoms with van der Waals surface area (Å²) < 4.78 is 1.80. The molecular formula is C23H22N4O2. The van der Waals surface area contributed by atoms with Crippen molar-refractivity contribution in [2.45, 2.75) is 31.8 Å². The number of para-hydroxylation sites is 1. The average Bonchev–Trinajstić information content (AvgIpc) is 3.49. The number of hydrogen-bond acceptors (Lipinski definition) is 3. The third kappa shape index (κ3) is 3.01. The number of carbonyl (C=O) groups is 2. The van der Waals surface area contributed by atoms with Crippen LogP contribution in [0.2, 0.25) is 0 Å². The van der Waals surface area contributed by atoms with Gasteiger partial charge in [0.15, 0.2) is 0 Å². The maximum Gasteiger partial charge on any atom is 0.325 e. The summed E-state index contributed by atoms with van der Waals surface area (Å²) in [5.74, 6) is 0.0982. The van der Waals surface area contributed by atoms with Gasteiger partial charge in [0.05, 0.1) is 17.9 Å². The first-order valence-electron chi connectivity index (χ1n) is 9.90. The predicted molar refractivity (Wildman–Crippen MR) is 109 cm³/mol. The van der Waals surface area contributed by atoms with E-state index in [9.17, 15) is 9.59 Å². The molecule has 3 amide bonds. The predicted octanol–water partition coefficient (Wildman–Crippen LogP) is 3.76. The van der Waals surface area contributed by atoms with E-state index >= 15 is 0 Å². The Labute approximate surface area is 169 Å². The number of urea groups is 1. The molecule has 0 unspecified atom stereocenters. The normalized spacial score (nSPS) is 21.5. The molecule has 2 heterocycles. The summed E-state index contributed by atoms with van der Waals surface area (Å²) in [6.07, 6.45) is 3.88. The highest BCUT2D eigenvalue weighted by atomic mass is 16.2. The Morgan fingerprint density at radius 2 is 1.69 bits per heavy atom. The number of carbonyl (C=O) groups excluding carboxylic acids is 2. The lowest BCUT2D eigenvalue weighted by Gasteiger charge is -2.20. The smallest absolute Gasteiger partial charge is 0.323 e. The van der Waals surface area contributed by atoms with Crippen molar-refractivity contribution in [3.63, 3.8) is 0 Å². The van der Waals surface area contributed by atoms with Crippen molar-refractivity contribution in [2.24, 2.45) is 5.92 Å². The third-order valence-corrected chi connectivity index (χ3v) is 5.88. The van der Waals surface area contributed by atoms with Crippen LogP contribution in [0, 0.1) is 5.92 Å². The maximum atomic E-state index is 13.1. The fraction of sp³-hybridized carbons (Fsp3) is 0.261. The standard InChI is InChI=1S/C23H22N4O2/c1-23(18-12-13-18)21(28)26(22(29)24-23)14-17-15-27(19-10-6-3-7-11-19)25-20(17)16-8-4-2-5-9-16/h2-11,15,18H,12-14H2,1H3,(H,24,29)/t23-/m0/s1. The number of imide groups is 1. The van der Waals surface area contributed by atoms with Gasteiger partial charge in [-0.15, -0.1) is 0 Å². The summed E-state index contributed by atoms with van der Waals surface area (Å²) in [7, 11) is 0. The summed E-state index contributed by atoms with van der Waals surface area (Å²) in [6, 6.07) is 19.3. The van der Waals surface area contributed by atoms with E-state index in [1.54, 1.807) is 4.68 Å². The average molecular weight is 386 g/mol. The molecule has 2 aromatic carbocycles. The second-order valence-electron chi connectivity index (χ2n) is 7.95. The molecule has 1 aliphatic heterocycles. The van der Waals surface area contributed by atoms with Crippen molar-refractivity contribution in [3.8, 4) is 16.9 Å². The zero-order valence-electron chi connectivity index (χ0n) is 16.2. The molecule has 29 heavy (non-hydrogen) atoms. The second-order valence-corrected chi connectivity index (χ2v) is 7.95. The number of amides is 3. The molecule has 1 saturated carbocycles. The van der Waals surface area contributed by atoms with Gasteiger partial charge in [-0.05, 0) is 37.8 Å². The molecule has 1 aliphatic carbocycles. The minimum atomic E-state index is -0.778. The summed E-state index contributed by atoms with van der Waals surface area (Å²) in [6.45, 7) is 2.04. The first-order chi connectivity index (χ1) is 14.1. The molecule has 5 rings (SSSR count). The Balaban J connectivity index is 1.53. The minimum absolute atomic E-state index is 0.142. The number of nitrogens with one attached hydrogen (secondary N) is 1. The van der Waals surface area contributed by atoms with Gasteiger partial charge in [0.2, 0.25) is 0 Å². The maximum absolute atomic E-state index is 13.1. The van der Waals surface area contributed by atoms with Crippen molar-refractivity contribution in [2.75, 3.05) is 0 Å². The highest BCUT2D eigenvalue weighted by molar-refractivity contribution is 6.07. The topological polar surface area (TPSA) is 67.2 Å². The van der Waals surface area contributed by atoms with Crippen molar-refractivity contribution >= 4 is 11.9 Å². The van der Waals surface area contributed by atoms with Gasteiger partial charge in [0.1, 0.15) is 5.54 Å². The lowest BCUT2D eigenvalue weighted by molar-refractivity contribution is -0.131. The first kappa shape index (κ1) is 17.7. The second kappa shape index (κ2) is 6.58. The number of aromatic nitrogens is 2. The van der Waals surface area contributed by atoms with Crippen LogP contribution in [-0.2, 0) is 11.3 Å². The Hall–Kier alpha value is -3.41. The molecular weight excluding hydrogens is 364 g/mol. The van der Waals surface area contributed by atoms with Gasteiger partial charge in [-0.3, -0.25) is 9.69 Å². The van der Waals surface area contributed by atoms with E-state index in [1.165, 1.54) is 4.90 Å². The van der Waals surface area contributed by atoms with Gasteiger partial charge in [0.25, 0.3) is 5.91 Å². The summed E-state index contributed by atoms with van der Waals surface area (Å²) in [4.78, 5) is 27.0. The highest BCUT2D eigenvalue weighted by Gasteiger charge is 2.56. The van der Waals surface area contributed by atoms with E-state index in [-0.39, 0.29) is 24.4 Å². The van der Waals surface area contributed by atoms with Crippen molar-refractivity contribution in [3.05, 3.63) is 72.4 Å². The quantitative estimate of drug-likeness (QED) is 0.679. The van der Waals surface area contributed by atoms with E-state index in [0.29, 0.717) is 0 Å². The summed E-state index contributed by atoms with van der Waals surface area (Å²) in [5.41, 5.74) is 2.71. The molecule has 6 nitrogen and oxygen atoms in total. The molecule has 0 radical (unpaired) electrons. The van der Waals surface area contributed by atoms with Gasteiger partial charge in [-0.2, -0.15) is 5.10 Å². The van der Waals surface area contributed by atoms with Gasteiger partial charge >= 0.3 is 6.03 Å². The van der Waals surface area contributed by atoms with Crippen LogP contribution in [-0.4, -0.2) is 32.2 Å². The van der Waals surface area contributed by atoms with E-state index in [0.717, 1.165) is 35.3 Å². The van der Waals surface area contributed by atoms with Gasteiger partial charge in [0, 0.05) is 17.3 Å². The summed E-state index contributed by atoms with van der Waals surface area (Å²) >= 11 is 0. The third-order valence-electron chi connectivity index (χ3n) is 5.88. The molecule has 1 atom stereocenters. The van der Waals surface area contributed by atoms with Crippen LogP contribution in [0.4, 0.5) is 4.79 Å². The molecule has 6 heteroatoms. The number of benzene rings is 2. The van der Waals surface area contributed by atoms with Crippen LogP contribution in [0.3, 0.4) is 0 Å². The Morgan fingerprint density at radius 1 is 1.03 bits per heavy atom. The molecule has 0 spiro atoms. The number of rotatable bonds is 5. The van der Waals surface area contributed by atoms with Crippen molar-refractivity contribution in [1.29, 1.82) is 0 Å². The van der Waals surface area contributed by atoms with E-state index < -0.39 is 5.54 Å². The lowest BCUT2D eigenvalue weighted by Crippen LogP contribution is -2.46. The largest absolute Gasteiger partial charge is 0.325 e. The molecule has 2 fully saturated rings. The first-order valence-corrected chi connectivity index (χ1v) is 9.90. The zero-order chi connectivity index (χ0) is 20.0. The number of hydrogen-bond donors (Lipinski definition) is 1. The van der Waals surface area contributed by atoms with Crippen molar-refractivity contribution < 1.29 is 9.59 Å². The summed E-state index contributed by atoms with van der Waals surface area (Å²) in [5, 5.41) is 7.69. The molecule has 146 valence electrons. The Bertz CT molecular complexity index is 1070. The lowest BCUT2D eigenvalue weighted by atomic mass is 9.96.